The van der Waals surface area contributed by atoms with Crippen molar-refractivity contribution in [3.8, 4) is 11.6 Å². The van der Waals surface area contributed by atoms with E-state index in [0.717, 1.165) is 31.4 Å². The quantitative estimate of drug-likeness (QED) is 0.791. The summed E-state index contributed by atoms with van der Waals surface area (Å²) >= 11 is 0. The van der Waals surface area contributed by atoms with Gasteiger partial charge in [-0.15, -0.1) is 24.8 Å². The molecule has 0 aliphatic heterocycles. The second-order valence-corrected chi connectivity index (χ2v) is 6.59. The molecule has 26 heavy (non-hydrogen) atoms. The Labute approximate surface area is 166 Å². The van der Waals surface area contributed by atoms with Crippen LogP contribution in [0.25, 0.3) is 0 Å². The molecule has 1 aromatic heterocycles. The minimum absolute atomic E-state index is 0. The summed E-state index contributed by atoms with van der Waals surface area (Å²) in [6.45, 7) is 1.97. The van der Waals surface area contributed by atoms with Gasteiger partial charge in [0, 0.05) is 23.5 Å². The number of nitrogens with one attached hydrogen (secondary N) is 1. The van der Waals surface area contributed by atoms with E-state index in [0.29, 0.717) is 11.6 Å². The topological polar surface area (TPSA) is 77.2 Å². The average Bonchev–Trinajstić information content (AvgIpc) is 2.57. The minimum atomic E-state index is -0.426. The Kier molecular flexibility index (Phi) is 8.34. The molecule has 5 nitrogen and oxygen atoms in total. The van der Waals surface area contributed by atoms with Crippen molar-refractivity contribution in [2.24, 2.45) is 11.7 Å². The van der Waals surface area contributed by atoms with Gasteiger partial charge in [-0.1, -0.05) is 18.9 Å². The van der Waals surface area contributed by atoms with Crippen molar-refractivity contribution < 1.29 is 9.53 Å². The molecule has 0 radical (unpaired) electrons. The second-order valence-electron chi connectivity index (χ2n) is 6.59. The SMILES string of the molecule is CC1(N)CCCCC1C(=O)Nc1ccc(Oc2ccccn2)cc1.Cl.Cl. The van der Waals surface area contributed by atoms with Crippen LogP contribution in [0.15, 0.2) is 48.7 Å². The van der Waals surface area contributed by atoms with Gasteiger partial charge in [0.15, 0.2) is 0 Å². The van der Waals surface area contributed by atoms with Gasteiger partial charge >= 0.3 is 0 Å². The molecule has 0 bridgehead atoms. The lowest BCUT2D eigenvalue weighted by molar-refractivity contribution is -0.122. The number of benzene rings is 1. The van der Waals surface area contributed by atoms with Gasteiger partial charge in [0.05, 0.1) is 5.92 Å². The molecular formula is C19H25Cl2N3O2. The lowest BCUT2D eigenvalue weighted by atomic mass is 9.74. The van der Waals surface area contributed by atoms with E-state index in [-0.39, 0.29) is 36.6 Å². The van der Waals surface area contributed by atoms with E-state index in [4.69, 9.17) is 10.5 Å². The smallest absolute Gasteiger partial charge is 0.229 e. The normalized spacial score (nSPS) is 21.7. The predicted molar refractivity (Wildman–Crippen MR) is 108 cm³/mol. The fraction of sp³-hybridized carbons (Fsp3) is 0.368. The van der Waals surface area contributed by atoms with E-state index in [2.05, 4.69) is 10.3 Å². The Balaban J connectivity index is 0.00000169. The lowest BCUT2D eigenvalue weighted by Gasteiger charge is -2.37. The highest BCUT2D eigenvalue weighted by molar-refractivity contribution is 5.93. The molecule has 0 spiro atoms. The largest absolute Gasteiger partial charge is 0.439 e. The molecular weight excluding hydrogens is 373 g/mol. The van der Waals surface area contributed by atoms with Crippen LogP contribution < -0.4 is 15.8 Å². The maximum Gasteiger partial charge on any atom is 0.229 e. The van der Waals surface area contributed by atoms with Crippen LogP contribution in [0.5, 0.6) is 11.6 Å². The molecule has 7 heteroatoms. The van der Waals surface area contributed by atoms with E-state index in [1.54, 1.807) is 12.3 Å². The van der Waals surface area contributed by atoms with Crippen LogP contribution in [0, 0.1) is 5.92 Å². The number of nitrogens with zero attached hydrogens (tertiary/aromatic N) is 1. The third kappa shape index (κ3) is 5.59. The Morgan fingerprint density at radius 1 is 1.19 bits per heavy atom. The summed E-state index contributed by atoms with van der Waals surface area (Å²) in [6.07, 6.45) is 5.57. The molecule has 1 amide bonds. The maximum absolute atomic E-state index is 12.5. The summed E-state index contributed by atoms with van der Waals surface area (Å²) in [7, 11) is 0. The number of rotatable bonds is 4. The van der Waals surface area contributed by atoms with E-state index in [1.807, 2.05) is 43.3 Å². The molecule has 1 aliphatic rings. The molecule has 2 unspecified atom stereocenters. The number of carbonyl (C=O) groups excluding carboxylic acids is 1. The number of pyridine rings is 1. The minimum Gasteiger partial charge on any atom is -0.439 e. The van der Waals surface area contributed by atoms with Gasteiger partial charge in [-0.05, 0) is 50.1 Å². The average molecular weight is 398 g/mol. The molecule has 1 saturated carbocycles. The molecule has 142 valence electrons. The van der Waals surface area contributed by atoms with Crippen LogP contribution in [-0.4, -0.2) is 16.4 Å². The maximum atomic E-state index is 12.5. The highest BCUT2D eigenvalue weighted by Gasteiger charge is 2.37. The van der Waals surface area contributed by atoms with Crippen LogP contribution in [-0.2, 0) is 4.79 Å². The van der Waals surface area contributed by atoms with Crippen molar-refractivity contribution in [2.45, 2.75) is 38.1 Å². The third-order valence-corrected chi connectivity index (χ3v) is 4.55. The number of halogens is 2. The van der Waals surface area contributed by atoms with Crippen LogP contribution in [0.3, 0.4) is 0 Å². The Morgan fingerprint density at radius 2 is 1.92 bits per heavy atom. The zero-order valence-corrected chi connectivity index (χ0v) is 16.3. The number of nitrogens with two attached hydrogens (primary N) is 1. The Hall–Kier alpha value is -1.82. The van der Waals surface area contributed by atoms with Crippen LogP contribution >= 0.6 is 24.8 Å². The van der Waals surface area contributed by atoms with Gasteiger partial charge in [-0.2, -0.15) is 0 Å². The zero-order chi connectivity index (χ0) is 17.0. The first-order valence-electron chi connectivity index (χ1n) is 8.33. The number of amides is 1. The standard InChI is InChI=1S/C19H23N3O2.2ClH/c1-19(20)12-4-2-6-16(19)18(23)22-14-8-10-15(11-9-14)24-17-7-3-5-13-21-17;;/h3,5,7-11,13,16H,2,4,6,12,20H2,1H3,(H,22,23);2*1H. The molecule has 1 aliphatic carbocycles. The summed E-state index contributed by atoms with van der Waals surface area (Å²) in [5.41, 5.74) is 6.62. The number of hydrogen-bond acceptors (Lipinski definition) is 4. The van der Waals surface area contributed by atoms with Gasteiger partial charge in [-0.3, -0.25) is 4.79 Å². The molecule has 2 aromatic rings. The number of carbonyl (C=O) groups is 1. The van der Waals surface area contributed by atoms with Gasteiger partial charge in [0.1, 0.15) is 5.75 Å². The Bertz CT molecular complexity index is 694. The fourth-order valence-corrected chi connectivity index (χ4v) is 3.15. The predicted octanol–water partition coefficient (Wildman–Crippen LogP) is 4.56. The third-order valence-electron chi connectivity index (χ3n) is 4.55. The first kappa shape index (κ1) is 22.2. The van der Waals surface area contributed by atoms with E-state index < -0.39 is 5.54 Å². The van der Waals surface area contributed by atoms with Crippen LogP contribution in [0.1, 0.15) is 32.6 Å². The van der Waals surface area contributed by atoms with Crippen molar-refractivity contribution in [1.82, 2.24) is 4.98 Å². The van der Waals surface area contributed by atoms with E-state index in [9.17, 15) is 4.79 Å². The van der Waals surface area contributed by atoms with Crippen molar-refractivity contribution in [3.05, 3.63) is 48.7 Å². The van der Waals surface area contributed by atoms with Gasteiger partial charge in [0.2, 0.25) is 11.8 Å². The number of anilines is 1. The van der Waals surface area contributed by atoms with Gasteiger partial charge < -0.3 is 15.8 Å². The van der Waals surface area contributed by atoms with Crippen LogP contribution in [0.2, 0.25) is 0 Å². The van der Waals surface area contributed by atoms with Crippen molar-refractivity contribution >= 4 is 36.4 Å². The highest BCUT2D eigenvalue weighted by Crippen LogP contribution is 2.32. The first-order valence-corrected chi connectivity index (χ1v) is 8.33. The van der Waals surface area contributed by atoms with Gasteiger partial charge in [-0.25, -0.2) is 4.98 Å². The lowest BCUT2D eigenvalue weighted by Crippen LogP contribution is -2.51. The van der Waals surface area contributed by atoms with Crippen molar-refractivity contribution in [2.75, 3.05) is 5.32 Å². The summed E-state index contributed by atoms with van der Waals surface area (Å²) in [4.78, 5) is 16.6. The number of hydrogen-bond donors (Lipinski definition) is 2. The highest BCUT2D eigenvalue weighted by atomic mass is 35.5. The van der Waals surface area contributed by atoms with Crippen molar-refractivity contribution in [3.63, 3.8) is 0 Å². The van der Waals surface area contributed by atoms with E-state index in [1.165, 1.54) is 0 Å². The molecule has 0 saturated heterocycles. The van der Waals surface area contributed by atoms with Crippen molar-refractivity contribution in [1.29, 1.82) is 0 Å². The summed E-state index contributed by atoms with van der Waals surface area (Å²) in [5, 5.41) is 2.97. The molecule has 1 fully saturated rings. The zero-order valence-electron chi connectivity index (χ0n) is 14.7. The molecule has 1 aromatic carbocycles. The molecule has 3 N–H and O–H groups in total. The van der Waals surface area contributed by atoms with Gasteiger partial charge in [0.25, 0.3) is 0 Å². The number of ether oxygens (including phenoxy) is 1. The summed E-state index contributed by atoms with van der Waals surface area (Å²) in [5.74, 6) is 1.07. The van der Waals surface area contributed by atoms with Crippen LogP contribution in [0.4, 0.5) is 5.69 Å². The molecule has 3 rings (SSSR count). The fourth-order valence-electron chi connectivity index (χ4n) is 3.15. The number of aromatic nitrogens is 1. The van der Waals surface area contributed by atoms with E-state index >= 15 is 0 Å². The summed E-state index contributed by atoms with van der Waals surface area (Å²) < 4.78 is 5.64. The Morgan fingerprint density at radius 3 is 2.54 bits per heavy atom. The summed E-state index contributed by atoms with van der Waals surface area (Å²) in [6, 6.07) is 12.8. The monoisotopic (exact) mass is 397 g/mol. The first-order chi connectivity index (χ1) is 11.5. The second kappa shape index (κ2) is 9.76. The molecule has 1 heterocycles. The molecule has 2 atom stereocenters.